The molecule has 150 valence electrons. The molecule has 1 amide bonds. The van der Waals surface area contributed by atoms with Gasteiger partial charge in [-0.1, -0.05) is 0 Å². The summed E-state index contributed by atoms with van der Waals surface area (Å²) in [5.74, 6) is 1.90. The van der Waals surface area contributed by atoms with Crippen molar-refractivity contribution >= 4 is 28.4 Å². The molecule has 29 heavy (non-hydrogen) atoms. The van der Waals surface area contributed by atoms with E-state index in [1.807, 2.05) is 0 Å². The third kappa shape index (κ3) is 4.01. The number of aromatic amines is 1. The average Bonchev–Trinajstić information content (AvgIpc) is 3.53. The van der Waals surface area contributed by atoms with Crippen LogP contribution in [0.2, 0.25) is 0 Å². The minimum atomic E-state index is -0.233. The Balaban J connectivity index is 1.46. The molecule has 3 aromatic rings. The molecule has 0 aliphatic heterocycles. The number of benzene rings is 2. The lowest BCUT2D eigenvalue weighted by Gasteiger charge is -2.10. The van der Waals surface area contributed by atoms with Gasteiger partial charge in [-0.15, -0.1) is 0 Å². The van der Waals surface area contributed by atoms with E-state index < -0.39 is 0 Å². The number of anilines is 1. The SMILES string of the molecule is COc1ccc(OC)c(C(=O)COc2ccc3c(NC(=O)C4CC4)n[nH]c3c2)c1. The maximum Gasteiger partial charge on any atom is 0.228 e. The van der Waals surface area contributed by atoms with E-state index in [2.05, 4.69) is 15.5 Å². The van der Waals surface area contributed by atoms with Crippen LogP contribution in [0.3, 0.4) is 0 Å². The number of fused-ring (bicyclic) bond motifs is 1. The van der Waals surface area contributed by atoms with Crippen molar-refractivity contribution in [3.8, 4) is 17.2 Å². The number of aromatic nitrogens is 2. The number of ether oxygens (including phenoxy) is 3. The van der Waals surface area contributed by atoms with Gasteiger partial charge >= 0.3 is 0 Å². The first-order valence-electron chi connectivity index (χ1n) is 9.26. The molecule has 0 atom stereocenters. The van der Waals surface area contributed by atoms with Crippen LogP contribution in [0.25, 0.3) is 10.9 Å². The Morgan fingerprint density at radius 1 is 1.10 bits per heavy atom. The van der Waals surface area contributed by atoms with Crippen molar-refractivity contribution in [1.82, 2.24) is 10.2 Å². The Kier molecular flexibility index (Phi) is 5.07. The molecule has 2 aromatic carbocycles. The van der Waals surface area contributed by atoms with Crippen molar-refractivity contribution in [2.45, 2.75) is 12.8 Å². The van der Waals surface area contributed by atoms with E-state index in [1.54, 1.807) is 36.4 Å². The summed E-state index contributed by atoms with van der Waals surface area (Å²) >= 11 is 0. The number of nitrogens with zero attached hydrogens (tertiary/aromatic N) is 1. The van der Waals surface area contributed by atoms with Crippen molar-refractivity contribution in [3.63, 3.8) is 0 Å². The molecule has 0 unspecified atom stereocenters. The van der Waals surface area contributed by atoms with E-state index in [0.29, 0.717) is 34.1 Å². The highest BCUT2D eigenvalue weighted by molar-refractivity contribution is 6.02. The monoisotopic (exact) mass is 395 g/mol. The van der Waals surface area contributed by atoms with Gasteiger partial charge in [0.25, 0.3) is 0 Å². The molecule has 2 N–H and O–H groups in total. The summed E-state index contributed by atoms with van der Waals surface area (Å²) in [7, 11) is 3.04. The Bertz CT molecular complexity index is 1070. The molecule has 4 rings (SSSR count). The number of nitrogens with one attached hydrogen (secondary N) is 2. The van der Waals surface area contributed by atoms with Crippen LogP contribution in [0.1, 0.15) is 23.2 Å². The number of hydrogen-bond acceptors (Lipinski definition) is 6. The zero-order valence-electron chi connectivity index (χ0n) is 16.2. The Labute approximate surface area is 167 Å². The number of H-pyrrole nitrogens is 1. The molecule has 1 aliphatic carbocycles. The summed E-state index contributed by atoms with van der Waals surface area (Å²) in [6.07, 6.45) is 1.86. The molecule has 0 radical (unpaired) electrons. The molecule has 0 saturated heterocycles. The predicted octanol–water partition coefficient (Wildman–Crippen LogP) is 3.19. The molecule has 1 heterocycles. The number of amides is 1. The second kappa shape index (κ2) is 7.83. The Hall–Kier alpha value is -3.55. The molecule has 8 nitrogen and oxygen atoms in total. The topological polar surface area (TPSA) is 103 Å². The highest BCUT2D eigenvalue weighted by atomic mass is 16.5. The first-order chi connectivity index (χ1) is 14.1. The van der Waals surface area contributed by atoms with Gasteiger partial charge in [-0.3, -0.25) is 14.7 Å². The first kappa shape index (κ1) is 18.8. The van der Waals surface area contributed by atoms with E-state index in [9.17, 15) is 9.59 Å². The normalized spacial score (nSPS) is 13.2. The smallest absolute Gasteiger partial charge is 0.228 e. The highest BCUT2D eigenvalue weighted by Gasteiger charge is 2.30. The van der Waals surface area contributed by atoms with Crippen molar-refractivity contribution in [1.29, 1.82) is 0 Å². The van der Waals surface area contributed by atoms with Gasteiger partial charge in [-0.05, 0) is 43.2 Å². The Morgan fingerprint density at radius 3 is 2.62 bits per heavy atom. The first-order valence-corrected chi connectivity index (χ1v) is 9.26. The van der Waals surface area contributed by atoms with Crippen LogP contribution in [0.4, 0.5) is 5.82 Å². The van der Waals surface area contributed by atoms with Crippen LogP contribution in [0.5, 0.6) is 17.2 Å². The minimum absolute atomic E-state index is 0.00319. The zero-order valence-corrected chi connectivity index (χ0v) is 16.2. The van der Waals surface area contributed by atoms with E-state index >= 15 is 0 Å². The molecule has 1 aromatic heterocycles. The van der Waals surface area contributed by atoms with Gasteiger partial charge in [-0.25, -0.2) is 0 Å². The van der Waals surface area contributed by atoms with Crippen molar-refractivity contribution in [2.24, 2.45) is 5.92 Å². The van der Waals surface area contributed by atoms with Gasteiger partial charge < -0.3 is 19.5 Å². The van der Waals surface area contributed by atoms with Crippen LogP contribution < -0.4 is 19.5 Å². The van der Waals surface area contributed by atoms with Gasteiger partial charge in [0.15, 0.2) is 12.4 Å². The summed E-state index contributed by atoms with van der Waals surface area (Å²) in [5.41, 5.74) is 1.10. The third-order valence-electron chi connectivity index (χ3n) is 4.80. The number of methoxy groups -OCH3 is 2. The molecule has 0 bridgehead atoms. The van der Waals surface area contributed by atoms with Crippen molar-refractivity contribution in [2.75, 3.05) is 26.1 Å². The zero-order chi connectivity index (χ0) is 20.4. The van der Waals surface area contributed by atoms with E-state index in [1.165, 1.54) is 14.2 Å². The van der Waals surface area contributed by atoms with Crippen LogP contribution in [0.15, 0.2) is 36.4 Å². The largest absolute Gasteiger partial charge is 0.497 e. The number of carbonyl (C=O) groups excluding carboxylic acids is 2. The highest BCUT2D eigenvalue weighted by Crippen LogP contribution is 2.32. The van der Waals surface area contributed by atoms with Crippen LogP contribution in [-0.4, -0.2) is 42.7 Å². The fraction of sp³-hybridized carbons (Fsp3) is 0.286. The number of carbonyl (C=O) groups is 2. The molecule has 1 saturated carbocycles. The van der Waals surface area contributed by atoms with Crippen LogP contribution in [0, 0.1) is 5.92 Å². The fourth-order valence-electron chi connectivity index (χ4n) is 3.01. The van der Waals surface area contributed by atoms with E-state index in [-0.39, 0.29) is 24.2 Å². The molecular weight excluding hydrogens is 374 g/mol. The van der Waals surface area contributed by atoms with E-state index in [4.69, 9.17) is 14.2 Å². The molecule has 1 fully saturated rings. The summed E-state index contributed by atoms with van der Waals surface area (Å²) in [6.45, 7) is -0.158. The second-order valence-corrected chi connectivity index (χ2v) is 6.82. The van der Waals surface area contributed by atoms with Crippen LogP contribution >= 0.6 is 0 Å². The van der Waals surface area contributed by atoms with E-state index in [0.717, 1.165) is 18.2 Å². The fourth-order valence-corrected chi connectivity index (χ4v) is 3.01. The van der Waals surface area contributed by atoms with Crippen molar-refractivity contribution < 1.29 is 23.8 Å². The summed E-state index contributed by atoms with van der Waals surface area (Å²) in [4.78, 5) is 24.5. The summed E-state index contributed by atoms with van der Waals surface area (Å²) < 4.78 is 16.1. The van der Waals surface area contributed by atoms with Gasteiger partial charge in [0, 0.05) is 17.4 Å². The standard InChI is InChI=1S/C21H21N3O5/c1-27-13-6-8-19(28-2)16(9-13)18(25)11-29-14-5-7-15-17(10-14)23-24-20(15)22-21(26)12-3-4-12/h5-10,12H,3-4,11H2,1-2H3,(H2,22,23,24,26). The van der Waals surface area contributed by atoms with Gasteiger partial charge in [0.05, 0.1) is 25.3 Å². The Morgan fingerprint density at radius 2 is 1.90 bits per heavy atom. The minimum Gasteiger partial charge on any atom is -0.497 e. The van der Waals surface area contributed by atoms with Gasteiger partial charge in [0.1, 0.15) is 17.2 Å². The van der Waals surface area contributed by atoms with Crippen molar-refractivity contribution in [3.05, 3.63) is 42.0 Å². The van der Waals surface area contributed by atoms with Gasteiger partial charge in [-0.2, -0.15) is 5.10 Å². The number of hydrogen-bond donors (Lipinski definition) is 2. The summed E-state index contributed by atoms with van der Waals surface area (Å²) in [6, 6.07) is 10.3. The lowest BCUT2D eigenvalue weighted by atomic mass is 10.1. The molecule has 1 aliphatic rings. The maximum absolute atomic E-state index is 12.6. The third-order valence-corrected chi connectivity index (χ3v) is 4.80. The number of ketones is 1. The van der Waals surface area contributed by atoms with Gasteiger partial charge in [0.2, 0.25) is 11.7 Å². The molecular formula is C21H21N3O5. The average molecular weight is 395 g/mol. The molecule has 0 spiro atoms. The lowest BCUT2D eigenvalue weighted by Crippen LogP contribution is -2.13. The van der Waals surface area contributed by atoms with Crippen LogP contribution in [-0.2, 0) is 4.79 Å². The lowest BCUT2D eigenvalue weighted by molar-refractivity contribution is -0.117. The maximum atomic E-state index is 12.6. The molecule has 8 heteroatoms. The summed E-state index contributed by atoms with van der Waals surface area (Å²) in [5, 5.41) is 10.7. The number of rotatable bonds is 8. The number of Topliss-reactive ketones (excluding diaryl/α,β-unsaturated/α-hetero) is 1. The second-order valence-electron chi connectivity index (χ2n) is 6.82. The predicted molar refractivity (Wildman–Crippen MR) is 107 cm³/mol. The quantitative estimate of drug-likeness (QED) is 0.568.